The van der Waals surface area contributed by atoms with Crippen molar-refractivity contribution in [3.63, 3.8) is 0 Å². The Morgan fingerprint density at radius 1 is 1.36 bits per heavy atom. The number of thioether (sulfide) groups is 1. The molecule has 1 amide bonds. The van der Waals surface area contributed by atoms with Gasteiger partial charge in [-0.3, -0.25) is 4.79 Å². The summed E-state index contributed by atoms with van der Waals surface area (Å²) in [6.07, 6.45) is 4.17. The summed E-state index contributed by atoms with van der Waals surface area (Å²) in [4.78, 5) is 13.9. The van der Waals surface area contributed by atoms with E-state index in [4.69, 9.17) is 4.74 Å². The number of hydrogen-bond donors (Lipinski definition) is 0. The molecule has 1 fully saturated rings. The van der Waals surface area contributed by atoms with E-state index >= 15 is 0 Å². The molecule has 0 spiro atoms. The van der Waals surface area contributed by atoms with Crippen LogP contribution < -0.4 is 0 Å². The molecule has 0 saturated carbocycles. The number of aromatic nitrogens is 1. The number of benzene rings is 1. The van der Waals surface area contributed by atoms with Gasteiger partial charge in [-0.1, -0.05) is 12.1 Å². The molecule has 1 aliphatic rings. The van der Waals surface area contributed by atoms with Gasteiger partial charge in [0, 0.05) is 37.3 Å². The molecule has 3 rings (SSSR count). The van der Waals surface area contributed by atoms with Crippen molar-refractivity contribution in [3.8, 4) is 5.69 Å². The lowest BCUT2D eigenvalue weighted by molar-refractivity contribution is -0.128. The lowest BCUT2D eigenvalue weighted by atomic mass is 10.2. The zero-order valence-corrected chi connectivity index (χ0v) is 13.7. The summed E-state index contributed by atoms with van der Waals surface area (Å²) in [6.45, 7) is 3.30. The number of ether oxygens (including phenoxy) is 1. The van der Waals surface area contributed by atoms with Gasteiger partial charge in [-0.15, -0.1) is 11.8 Å². The van der Waals surface area contributed by atoms with Gasteiger partial charge in [0.25, 0.3) is 0 Å². The SMILES string of the molecule is COCCN1C(=O)CS[C@H]1c1ccn(-c2cccc(C)c2)c1. The van der Waals surface area contributed by atoms with E-state index in [-0.39, 0.29) is 11.3 Å². The van der Waals surface area contributed by atoms with Crippen LogP contribution in [0.2, 0.25) is 0 Å². The van der Waals surface area contributed by atoms with E-state index in [1.807, 2.05) is 4.90 Å². The van der Waals surface area contributed by atoms with E-state index in [1.54, 1.807) is 18.9 Å². The van der Waals surface area contributed by atoms with Gasteiger partial charge >= 0.3 is 0 Å². The second-order valence-corrected chi connectivity index (χ2v) is 6.50. The molecule has 4 nitrogen and oxygen atoms in total. The predicted molar refractivity (Wildman–Crippen MR) is 89.3 cm³/mol. The van der Waals surface area contributed by atoms with Crippen molar-refractivity contribution in [2.24, 2.45) is 0 Å². The Morgan fingerprint density at radius 3 is 3.00 bits per heavy atom. The van der Waals surface area contributed by atoms with E-state index in [1.165, 1.54) is 5.56 Å². The molecule has 1 atom stereocenters. The average Bonchev–Trinajstić information content (AvgIpc) is 3.12. The molecule has 5 heteroatoms. The minimum absolute atomic E-state index is 0.0914. The van der Waals surface area contributed by atoms with Crippen LogP contribution >= 0.6 is 11.8 Å². The van der Waals surface area contributed by atoms with Crippen LogP contribution in [0.1, 0.15) is 16.5 Å². The monoisotopic (exact) mass is 316 g/mol. The van der Waals surface area contributed by atoms with Crippen LogP contribution in [0.25, 0.3) is 5.69 Å². The largest absolute Gasteiger partial charge is 0.383 e. The lowest BCUT2D eigenvalue weighted by Gasteiger charge is -2.22. The Balaban J connectivity index is 1.82. The first-order valence-corrected chi connectivity index (χ1v) is 8.39. The third-order valence-corrected chi connectivity index (χ3v) is 5.06. The smallest absolute Gasteiger partial charge is 0.233 e. The fourth-order valence-electron chi connectivity index (χ4n) is 2.67. The molecule has 22 heavy (non-hydrogen) atoms. The van der Waals surface area contributed by atoms with Crippen molar-refractivity contribution in [2.45, 2.75) is 12.3 Å². The molecule has 0 radical (unpaired) electrons. The van der Waals surface area contributed by atoms with Gasteiger partial charge in [-0.25, -0.2) is 0 Å². The predicted octanol–water partition coefficient (Wildman–Crippen LogP) is 3.01. The summed E-state index contributed by atoms with van der Waals surface area (Å²) >= 11 is 1.68. The van der Waals surface area contributed by atoms with Gasteiger partial charge in [0.05, 0.1) is 12.4 Å². The van der Waals surface area contributed by atoms with E-state index in [0.29, 0.717) is 18.9 Å². The van der Waals surface area contributed by atoms with Gasteiger partial charge < -0.3 is 14.2 Å². The number of amides is 1. The number of carbonyl (C=O) groups is 1. The molecule has 1 saturated heterocycles. The number of hydrogen-bond acceptors (Lipinski definition) is 3. The fourth-order valence-corrected chi connectivity index (χ4v) is 3.87. The van der Waals surface area contributed by atoms with E-state index < -0.39 is 0 Å². The van der Waals surface area contributed by atoms with Crippen LogP contribution in [-0.2, 0) is 9.53 Å². The second kappa shape index (κ2) is 6.58. The molecule has 1 aromatic carbocycles. The molecular weight excluding hydrogens is 296 g/mol. The Hall–Kier alpha value is -1.72. The molecule has 0 unspecified atom stereocenters. The fraction of sp³-hybridized carbons (Fsp3) is 0.353. The van der Waals surface area contributed by atoms with Gasteiger partial charge in [-0.2, -0.15) is 0 Å². The van der Waals surface area contributed by atoms with E-state index in [9.17, 15) is 4.79 Å². The molecule has 0 N–H and O–H groups in total. The maximum absolute atomic E-state index is 12.0. The summed E-state index contributed by atoms with van der Waals surface area (Å²) in [6, 6.07) is 10.5. The standard InChI is InChI=1S/C17H20N2O2S/c1-13-4-3-5-15(10-13)18-7-6-14(11-18)17-19(8-9-21-2)16(20)12-22-17/h3-7,10-11,17H,8-9,12H2,1-2H3/t17-/m0/s1. The maximum atomic E-state index is 12.0. The zero-order chi connectivity index (χ0) is 15.5. The van der Waals surface area contributed by atoms with Crippen molar-refractivity contribution in [2.75, 3.05) is 26.0 Å². The number of nitrogens with zero attached hydrogens (tertiary/aromatic N) is 2. The normalized spacial score (nSPS) is 18.2. The highest BCUT2D eigenvalue weighted by Crippen LogP contribution is 2.38. The highest BCUT2D eigenvalue weighted by Gasteiger charge is 2.32. The summed E-state index contributed by atoms with van der Waals surface area (Å²) < 4.78 is 7.23. The third-order valence-electron chi connectivity index (χ3n) is 3.81. The topological polar surface area (TPSA) is 34.5 Å². The van der Waals surface area contributed by atoms with Gasteiger partial charge in [0.15, 0.2) is 0 Å². The van der Waals surface area contributed by atoms with Crippen molar-refractivity contribution in [3.05, 3.63) is 53.9 Å². The minimum atomic E-state index is 0.0914. The summed E-state index contributed by atoms with van der Waals surface area (Å²) in [5.41, 5.74) is 3.54. The number of methoxy groups -OCH3 is 1. The van der Waals surface area contributed by atoms with Crippen molar-refractivity contribution in [1.29, 1.82) is 0 Å². The molecule has 1 aromatic heterocycles. The molecule has 2 heterocycles. The highest BCUT2D eigenvalue weighted by atomic mass is 32.2. The first-order chi connectivity index (χ1) is 10.7. The Morgan fingerprint density at radius 2 is 2.23 bits per heavy atom. The molecule has 116 valence electrons. The van der Waals surface area contributed by atoms with Gasteiger partial charge in [0.2, 0.25) is 5.91 Å². The zero-order valence-electron chi connectivity index (χ0n) is 12.9. The molecule has 2 aromatic rings. The van der Waals surface area contributed by atoms with Crippen molar-refractivity contribution < 1.29 is 9.53 Å². The Bertz CT molecular complexity index is 668. The van der Waals surface area contributed by atoms with Crippen LogP contribution in [-0.4, -0.2) is 41.4 Å². The van der Waals surface area contributed by atoms with Crippen molar-refractivity contribution >= 4 is 17.7 Å². The third kappa shape index (κ3) is 3.05. The van der Waals surface area contributed by atoms with Gasteiger partial charge in [-0.05, 0) is 30.7 Å². The molecule has 0 aliphatic carbocycles. The lowest BCUT2D eigenvalue weighted by Crippen LogP contribution is -2.31. The number of aryl methyl sites for hydroxylation is 1. The number of rotatable bonds is 5. The van der Waals surface area contributed by atoms with Crippen LogP contribution in [0, 0.1) is 6.92 Å². The van der Waals surface area contributed by atoms with Crippen LogP contribution in [0.5, 0.6) is 0 Å². The van der Waals surface area contributed by atoms with Crippen LogP contribution in [0.15, 0.2) is 42.7 Å². The van der Waals surface area contributed by atoms with Crippen molar-refractivity contribution in [1.82, 2.24) is 9.47 Å². The Kier molecular flexibility index (Phi) is 4.55. The van der Waals surface area contributed by atoms with E-state index in [0.717, 1.165) is 11.3 Å². The summed E-state index contributed by atoms with van der Waals surface area (Å²) in [5, 5.41) is 0.0914. The molecular formula is C17H20N2O2S. The first kappa shape index (κ1) is 15.2. The quantitative estimate of drug-likeness (QED) is 0.850. The first-order valence-electron chi connectivity index (χ1n) is 7.34. The molecule has 0 bridgehead atoms. The average molecular weight is 316 g/mol. The van der Waals surface area contributed by atoms with Gasteiger partial charge in [0.1, 0.15) is 5.37 Å². The minimum Gasteiger partial charge on any atom is -0.383 e. The van der Waals surface area contributed by atoms with Crippen LogP contribution in [0.3, 0.4) is 0 Å². The summed E-state index contributed by atoms with van der Waals surface area (Å²) in [7, 11) is 1.66. The number of carbonyl (C=O) groups excluding carboxylic acids is 1. The van der Waals surface area contributed by atoms with E-state index in [2.05, 4.69) is 54.2 Å². The van der Waals surface area contributed by atoms with Crippen LogP contribution in [0.4, 0.5) is 0 Å². The Labute approximate surface area is 135 Å². The maximum Gasteiger partial charge on any atom is 0.233 e. The molecule has 1 aliphatic heterocycles. The second-order valence-electron chi connectivity index (χ2n) is 5.43. The summed E-state index contributed by atoms with van der Waals surface area (Å²) in [5.74, 6) is 0.736. The highest BCUT2D eigenvalue weighted by molar-refractivity contribution is 8.00.